The van der Waals surface area contributed by atoms with Crippen molar-refractivity contribution in [3.05, 3.63) is 228 Å². The molecule has 0 atom stereocenters. The number of rotatable bonds is 4. The van der Waals surface area contributed by atoms with Gasteiger partial charge in [-0.2, -0.15) is 0 Å². The van der Waals surface area contributed by atoms with Crippen LogP contribution >= 0.6 is 11.3 Å². The molecule has 1 aromatic heterocycles. The van der Waals surface area contributed by atoms with Gasteiger partial charge < -0.3 is 4.90 Å². The quantitative estimate of drug-likeness (QED) is 0.173. The molecule has 1 nitrogen and oxygen atoms in total. The van der Waals surface area contributed by atoms with Crippen LogP contribution in [-0.4, -0.2) is 0 Å². The Labute approximate surface area is 337 Å². The predicted molar refractivity (Wildman–Crippen MR) is 242 cm³/mol. The highest BCUT2D eigenvalue weighted by Gasteiger charge is 2.50. The van der Waals surface area contributed by atoms with Crippen LogP contribution in [0.25, 0.3) is 59.1 Å². The monoisotopic (exact) mass is 743 g/mol. The molecule has 1 heterocycles. The van der Waals surface area contributed by atoms with E-state index < -0.39 is 5.41 Å². The van der Waals surface area contributed by atoms with Gasteiger partial charge in [0, 0.05) is 26.7 Å². The standard InChI is InChI=1S/C55H37NS/c1-2-16-36(17-3-1)37-32-34-38(35-33-37)56(51-30-14-24-44-43-22-9-13-31-52(43)57-54(44)51)50-29-15-28-49-53(50)45-23-8-12-27-48(45)55(49)46-25-10-6-20-41(46)39-18-4-5-19-40(39)42-21-7-11-26-47(42)55/h1-2,4-16,18-35H,3,17H2. The number of benzene rings is 8. The van der Waals surface area contributed by atoms with Crippen LogP contribution in [-0.2, 0) is 5.41 Å². The molecule has 8 aromatic carbocycles. The lowest BCUT2D eigenvalue weighted by Gasteiger charge is -2.35. The molecule has 1 spiro atoms. The first-order chi connectivity index (χ1) is 28.3. The summed E-state index contributed by atoms with van der Waals surface area (Å²) in [6.45, 7) is 0. The molecule has 268 valence electrons. The van der Waals surface area contributed by atoms with Crippen LogP contribution in [0.5, 0.6) is 0 Å². The first-order valence-electron chi connectivity index (χ1n) is 20.0. The van der Waals surface area contributed by atoms with E-state index in [0.29, 0.717) is 0 Å². The highest BCUT2D eigenvalue weighted by molar-refractivity contribution is 7.26. The zero-order chi connectivity index (χ0) is 37.5. The third-order valence-corrected chi connectivity index (χ3v) is 13.8. The highest BCUT2D eigenvalue weighted by Crippen LogP contribution is 2.63. The molecule has 9 aromatic rings. The molecule has 0 aliphatic heterocycles. The van der Waals surface area contributed by atoms with Crippen molar-refractivity contribution in [2.24, 2.45) is 0 Å². The molecule has 0 unspecified atom stereocenters. The molecule has 0 bridgehead atoms. The average molecular weight is 744 g/mol. The number of hydrogen-bond acceptors (Lipinski definition) is 2. The minimum absolute atomic E-state index is 0.547. The second-order valence-electron chi connectivity index (χ2n) is 15.4. The fraction of sp³-hybridized carbons (Fsp3) is 0.0545. The van der Waals surface area contributed by atoms with Gasteiger partial charge in [-0.1, -0.05) is 170 Å². The summed E-state index contributed by atoms with van der Waals surface area (Å²) in [5, 5.41) is 2.60. The number of hydrogen-bond donors (Lipinski definition) is 0. The second kappa shape index (κ2) is 12.6. The minimum atomic E-state index is -0.547. The van der Waals surface area contributed by atoms with Gasteiger partial charge in [0.2, 0.25) is 0 Å². The molecule has 2 heteroatoms. The summed E-state index contributed by atoms with van der Waals surface area (Å²) in [4.78, 5) is 2.55. The van der Waals surface area contributed by atoms with Crippen LogP contribution in [0.15, 0.2) is 200 Å². The molecule has 0 N–H and O–H groups in total. The Bertz CT molecular complexity index is 3070. The van der Waals surface area contributed by atoms with Gasteiger partial charge in [-0.05, 0) is 104 Å². The fourth-order valence-electron chi connectivity index (χ4n) is 10.2. The van der Waals surface area contributed by atoms with Crippen molar-refractivity contribution in [1.82, 2.24) is 0 Å². The summed E-state index contributed by atoms with van der Waals surface area (Å²) in [6.07, 6.45) is 8.88. The molecule has 12 rings (SSSR count). The van der Waals surface area contributed by atoms with Crippen LogP contribution in [0, 0.1) is 0 Å². The van der Waals surface area contributed by atoms with E-state index >= 15 is 0 Å². The van der Waals surface area contributed by atoms with Crippen molar-refractivity contribution in [1.29, 1.82) is 0 Å². The summed E-state index contributed by atoms with van der Waals surface area (Å²) in [5.41, 5.74) is 18.6. The van der Waals surface area contributed by atoms with Crippen LogP contribution in [0.1, 0.15) is 40.7 Å². The van der Waals surface area contributed by atoms with Gasteiger partial charge in [-0.25, -0.2) is 0 Å². The van der Waals surface area contributed by atoms with Crippen molar-refractivity contribution in [2.45, 2.75) is 18.3 Å². The van der Waals surface area contributed by atoms with Crippen molar-refractivity contribution < 1.29 is 0 Å². The molecule has 0 radical (unpaired) electrons. The van der Waals surface area contributed by atoms with Gasteiger partial charge in [0.05, 0.1) is 21.5 Å². The molecular weight excluding hydrogens is 707 g/mol. The van der Waals surface area contributed by atoms with Crippen LogP contribution in [0.2, 0.25) is 0 Å². The number of anilines is 3. The second-order valence-corrected chi connectivity index (χ2v) is 16.5. The van der Waals surface area contributed by atoms with Gasteiger partial charge >= 0.3 is 0 Å². The molecule has 3 aliphatic carbocycles. The highest BCUT2D eigenvalue weighted by atomic mass is 32.1. The van der Waals surface area contributed by atoms with Crippen molar-refractivity contribution in [2.75, 3.05) is 4.90 Å². The Morgan fingerprint density at radius 3 is 1.72 bits per heavy atom. The van der Waals surface area contributed by atoms with E-state index in [1.165, 1.54) is 98.3 Å². The lowest BCUT2D eigenvalue weighted by molar-refractivity contribution is 0.775. The van der Waals surface area contributed by atoms with E-state index in [2.05, 4.69) is 205 Å². The maximum atomic E-state index is 2.55. The van der Waals surface area contributed by atoms with E-state index in [1.807, 2.05) is 11.3 Å². The molecule has 0 saturated heterocycles. The maximum Gasteiger partial charge on any atom is 0.0726 e. The maximum absolute atomic E-state index is 2.55. The number of fused-ring (bicyclic) bond motifs is 15. The SMILES string of the molecule is C1=CCCC(c2ccc(N(c3cccc4c3-c3ccccc3C43c4ccccc4-c4ccccc4-c4ccccc43)c3cccc4c3sc3ccccc34)cc2)=C1. The van der Waals surface area contributed by atoms with Crippen molar-refractivity contribution in [3.63, 3.8) is 0 Å². The van der Waals surface area contributed by atoms with E-state index in [9.17, 15) is 0 Å². The third-order valence-electron chi connectivity index (χ3n) is 12.6. The Balaban J connectivity index is 1.18. The van der Waals surface area contributed by atoms with E-state index in [0.717, 1.165) is 18.5 Å². The van der Waals surface area contributed by atoms with Crippen LogP contribution in [0.3, 0.4) is 0 Å². The largest absolute Gasteiger partial charge is 0.308 e. The summed E-state index contributed by atoms with van der Waals surface area (Å²) in [7, 11) is 0. The zero-order valence-corrected chi connectivity index (χ0v) is 32.1. The number of allylic oxidation sites excluding steroid dienone is 4. The van der Waals surface area contributed by atoms with Gasteiger partial charge in [0.25, 0.3) is 0 Å². The molecule has 0 saturated carbocycles. The zero-order valence-electron chi connectivity index (χ0n) is 31.3. The summed E-state index contributed by atoms with van der Waals surface area (Å²) in [6, 6.07) is 68.6. The van der Waals surface area contributed by atoms with Gasteiger partial charge in [-0.3, -0.25) is 0 Å². The topological polar surface area (TPSA) is 3.24 Å². The summed E-state index contributed by atoms with van der Waals surface area (Å²) in [5.74, 6) is 0. The lowest BCUT2D eigenvalue weighted by atomic mass is 9.66. The molecule has 57 heavy (non-hydrogen) atoms. The first kappa shape index (κ1) is 32.5. The van der Waals surface area contributed by atoms with E-state index in [4.69, 9.17) is 0 Å². The Kier molecular flexibility index (Phi) is 7.21. The Morgan fingerprint density at radius 2 is 1.02 bits per heavy atom. The fourth-order valence-corrected chi connectivity index (χ4v) is 11.5. The van der Waals surface area contributed by atoms with Crippen molar-refractivity contribution in [3.8, 4) is 33.4 Å². The smallest absolute Gasteiger partial charge is 0.0726 e. The molecule has 3 aliphatic rings. The number of thiophene rings is 1. The minimum Gasteiger partial charge on any atom is -0.308 e. The van der Waals surface area contributed by atoms with E-state index in [-0.39, 0.29) is 0 Å². The van der Waals surface area contributed by atoms with Crippen LogP contribution < -0.4 is 4.90 Å². The number of nitrogens with zero attached hydrogens (tertiary/aromatic N) is 1. The average Bonchev–Trinajstić information content (AvgIpc) is 3.79. The lowest BCUT2D eigenvalue weighted by Crippen LogP contribution is -2.29. The summed E-state index contributed by atoms with van der Waals surface area (Å²) < 4.78 is 2.60. The summed E-state index contributed by atoms with van der Waals surface area (Å²) >= 11 is 1.89. The van der Waals surface area contributed by atoms with Crippen molar-refractivity contribution >= 4 is 54.1 Å². The molecular formula is C55H37NS. The third kappa shape index (κ3) is 4.62. The van der Waals surface area contributed by atoms with Gasteiger partial charge in [0.15, 0.2) is 0 Å². The first-order valence-corrected chi connectivity index (χ1v) is 20.8. The normalized spacial score (nSPS) is 14.4. The molecule has 0 fully saturated rings. The Morgan fingerprint density at radius 1 is 0.456 bits per heavy atom. The van der Waals surface area contributed by atoms with Gasteiger partial charge in [-0.15, -0.1) is 11.3 Å². The van der Waals surface area contributed by atoms with Gasteiger partial charge in [0.1, 0.15) is 0 Å². The van der Waals surface area contributed by atoms with E-state index in [1.54, 1.807) is 0 Å². The van der Waals surface area contributed by atoms with Crippen LogP contribution in [0.4, 0.5) is 17.1 Å². The predicted octanol–water partition coefficient (Wildman–Crippen LogP) is 15.3. The molecule has 0 amide bonds. The Hall–Kier alpha value is -6.74.